The van der Waals surface area contributed by atoms with Crippen molar-refractivity contribution in [2.24, 2.45) is 0 Å². The van der Waals surface area contributed by atoms with E-state index in [1.165, 1.54) is 0 Å². The molecule has 1 aromatic heterocycles. The molecule has 2 aromatic rings. The van der Waals surface area contributed by atoms with Crippen LogP contribution in [0.15, 0.2) is 24.3 Å². The Morgan fingerprint density at radius 1 is 1.33 bits per heavy atom. The fourth-order valence-electron chi connectivity index (χ4n) is 2.00. The Labute approximate surface area is 123 Å². The van der Waals surface area contributed by atoms with Crippen LogP contribution in [0, 0.1) is 13.8 Å². The highest BCUT2D eigenvalue weighted by molar-refractivity contribution is 5.93. The molecular weight excluding hydrogens is 268 g/mol. The second-order valence-electron chi connectivity index (χ2n) is 4.80. The van der Waals surface area contributed by atoms with Crippen molar-refractivity contribution in [3.63, 3.8) is 0 Å². The number of amides is 1. The number of aromatic nitrogens is 2. The molecular formula is C15H20N4O2. The van der Waals surface area contributed by atoms with Crippen LogP contribution in [0.5, 0.6) is 0 Å². The molecule has 2 rings (SSSR count). The second-order valence-corrected chi connectivity index (χ2v) is 4.80. The van der Waals surface area contributed by atoms with Crippen molar-refractivity contribution in [2.75, 3.05) is 12.3 Å². The van der Waals surface area contributed by atoms with Gasteiger partial charge in [0.2, 0.25) is 0 Å². The zero-order valence-electron chi connectivity index (χ0n) is 12.5. The van der Waals surface area contributed by atoms with Gasteiger partial charge in [0.25, 0.3) is 5.91 Å². The number of hydroxylamine groups is 1. The molecule has 6 heteroatoms. The summed E-state index contributed by atoms with van der Waals surface area (Å²) in [5.41, 5.74) is 12.4. The summed E-state index contributed by atoms with van der Waals surface area (Å²) in [7, 11) is 0. The zero-order chi connectivity index (χ0) is 15.4. The Morgan fingerprint density at radius 2 is 2.00 bits per heavy atom. The molecule has 112 valence electrons. The molecule has 1 amide bonds. The predicted molar refractivity (Wildman–Crippen MR) is 80.7 cm³/mol. The summed E-state index contributed by atoms with van der Waals surface area (Å²) >= 11 is 0. The van der Waals surface area contributed by atoms with E-state index >= 15 is 0 Å². The molecule has 21 heavy (non-hydrogen) atoms. The quantitative estimate of drug-likeness (QED) is 0.822. The molecule has 3 N–H and O–H groups in total. The van der Waals surface area contributed by atoms with E-state index in [0.29, 0.717) is 18.7 Å². The monoisotopic (exact) mass is 288 g/mol. The van der Waals surface area contributed by atoms with Gasteiger partial charge in [-0.2, -0.15) is 5.10 Å². The molecule has 0 spiro atoms. The lowest BCUT2D eigenvalue weighted by molar-refractivity contribution is 0.0364. The highest BCUT2D eigenvalue weighted by atomic mass is 16.6. The lowest BCUT2D eigenvalue weighted by Gasteiger charge is -2.07. The van der Waals surface area contributed by atoms with Gasteiger partial charge in [-0.15, -0.1) is 0 Å². The molecule has 0 aliphatic carbocycles. The van der Waals surface area contributed by atoms with Gasteiger partial charge in [-0.3, -0.25) is 14.3 Å². The van der Waals surface area contributed by atoms with E-state index in [2.05, 4.69) is 10.6 Å². The minimum atomic E-state index is -0.251. The van der Waals surface area contributed by atoms with Crippen molar-refractivity contribution in [1.29, 1.82) is 0 Å². The van der Waals surface area contributed by atoms with Crippen molar-refractivity contribution in [3.05, 3.63) is 46.8 Å². The number of nitrogens with one attached hydrogen (secondary N) is 1. The molecule has 1 heterocycles. The first kappa shape index (κ1) is 15.1. The maximum Gasteiger partial charge on any atom is 0.274 e. The number of aryl methyl sites for hydroxylation is 1. The van der Waals surface area contributed by atoms with Gasteiger partial charge in [-0.05, 0) is 38.5 Å². The van der Waals surface area contributed by atoms with Crippen LogP contribution in [0.2, 0.25) is 0 Å². The largest absolute Gasteiger partial charge is 0.396 e. The first-order valence-corrected chi connectivity index (χ1v) is 6.83. The number of nitrogens with two attached hydrogens (primary N) is 1. The molecule has 0 fully saturated rings. The predicted octanol–water partition coefficient (Wildman–Crippen LogP) is 1.81. The van der Waals surface area contributed by atoms with Gasteiger partial charge >= 0.3 is 0 Å². The Balaban J connectivity index is 2.09. The van der Waals surface area contributed by atoms with E-state index in [9.17, 15) is 4.79 Å². The Hall–Kier alpha value is -2.34. The van der Waals surface area contributed by atoms with Gasteiger partial charge < -0.3 is 5.73 Å². The van der Waals surface area contributed by atoms with Crippen LogP contribution >= 0.6 is 0 Å². The minimum Gasteiger partial charge on any atom is -0.396 e. The van der Waals surface area contributed by atoms with Crippen molar-refractivity contribution < 1.29 is 9.63 Å². The molecule has 0 saturated heterocycles. The number of carbonyl (C=O) groups is 1. The number of nitrogens with zero attached hydrogens (tertiary/aromatic N) is 2. The van der Waals surface area contributed by atoms with Crippen LogP contribution in [0.3, 0.4) is 0 Å². The number of hydrogen-bond acceptors (Lipinski definition) is 4. The smallest absolute Gasteiger partial charge is 0.274 e. The molecule has 0 radical (unpaired) electrons. The highest BCUT2D eigenvalue weighted by Gasteiger charge is 2.09. The summed E-state index contributed by atoms with van der Waals surface area (Å²) in [5.74, 6) is -0.251. The van der Waals surface area contributed by atoms with E-state index in [-0.39, 0.29) is 5.91 Å². The standard InChI is InChI=1S/C15H20N4O2/c1-4-21-18-15(20)13-7-5-12(6-8-13)9-19-11(3)14(16)10(2)17-19/h5-8H,4,9,16H2,1-3H3,(H,18,20). The highest BCUT2D eigenvalue weighted by Crippen LogP contribution is 2.16. The Morgan fingerprint density at radius 3 is 2.52 bits per heavy atom. The van der Waals surface area contributed by atoms with Crippen molar-refractivity contribution in [2.45, 2.75) is 27.3 Å². The summed E-state index contributed by atoms with van der Waals surface area (Å²) in [5, 5.41) is 4.40. The minimum absolute atomic E-state index is 0.251. The third-order valence-electron chi connectivity index (χ3n) is 3.30. The van der Waals surface area contributed by atoms with Gasteiger partial charge in [0.15, 0.2) is 0 Å². The normalized spacial score (nSPS) is 10.6. The van der Waals surface area contributed by atoms with E-state index in [4.69, 9.17) is 10.6 Å². The summed E-state index contributed by atoms with van der Waals surface area (Å²) in [6, 6.07) is 7.32. The van der Waals surface area contributed by atoms with Crippen LogP contribution in [-0.2, 0) is 11.4 Å². The lowest BCUT2D eigenvalue weighted by Crippen LogP contribution is -2.23. The van der Waals surface area contributed by atoms with E-state index in [1.54, 1.807) is 12.1 Å². The van der Waals surface area contributed by atoms with Crippen molar-refractivity contribution in [1.82, 2.24) is 15.3 Å². The summed E-state index contributed by atoms with van der Waals surface area (Å²) in [4.78, 5) is 16.6. The molecule has 0 unspecified atom stereocenters. The molecule has 0 aliphatic rings. The van der Waals surface area contributed by atoms with Gasteiger partial charge in [0.1, 0.15) is 0 Å². The maximum absolute atomic E-state index is 11.7. The lowest BCUT2D eigenvalue weighted by atomic mass is 10.1. The SMILES string of the molecule is CCONC(=O)c1ccc(Cn2nc(C)c(N)c2C)cc1. The molecule has 0 atom stereocenters. The van der Waals surface area contributed by atoms with E-state index in [0.717, 1.165) is 22.6 Å². The van der Waals surface area contributed by atoms with Crippen LogP contribution in [0.4, 0.5) is 5.69 Å². The average molecular weight is 288 g/mol. The summed E-state index contributed by atoms with van der Waals surface area (Å²) in [6.07, 6.45) is 0. The molecule has 0 saturated carbocycles. The molecule has 1 aromatic carbocycles. The number of rotatable bonds is 5. The van der Waals surface area contributed by atoms with Gasteiger partial charge in [-0.1, -0.05) is 12.1 Å². The maximum atomic E-state index is 11.7. The fraction of sp³-hybridized carbons (Fsp3) is 0.333. The van der Waals surface area contributed by atoms with Crippen molar-refractivity contribution in [3.8, 4) is 0 Å². The Bertz CT molecular complexity index is 632. The first-order valence-electron chi connectivity index (χ1n) is 6.83. The van der Waals surface area contributed by atoms with Gasteiger partial charge in [0, 0.05) is 5.56 Å². The molecule has 0 aliphatic heterocycles. The zero-order valence-corrected chi connectivity index (χ0v) is 12.5. The van der Waals surface area contributed by atoms with Crippen LogP contribution < -0.4 is 11.2 Å². The van der Waals surface area contributed by atoms with Crippen LogP contribution in [0.25, 0.3) is 0 Å². The third-order valence-corrected chi connectivity index (χ3v) is 3.30. The number of nitrogen functional groups attached to an aromatic ring is 1. The number of carbonyl (C=O) groups excluding carboxylic acids is 1. The topological polar surface area (TPSA) is 82.2 Å². The summed E-state index contributed by atoms with van der Waals surface area (Å²) < 4.78 is 1.86. The average Bonchev–Trinajstić information content (AvgIpc) is 2.73. The van der Waals surface area contributed by atoms with Crippen molar-refractivity contribution >= 4 is 11.6 Å². The fourth-order valence-corrected chi connectivity index (χ4v) is 2.00. The number of hydrogen-bond donors (Lipinski definition) is 2. The summed E-state index contributed by atoms with van der Waals surface area (Å²) in [6.45, 7) is 6.70. The first-order chi connectivity index (χ1) is 10.0. The Kier molecular flexibility index (Phi) is 4.59. The van der Waals surface area contributed by atoms with E-state index < -0.39 is 0 Å². The molecule has 0 bridgehead atoms. The molecule has 6 nitrogen and oxygen atoms in total. The number of benzene rings is 1. The third kappa shape index (κ3) is 3.41. The van der Waals surface area contributed by atoms with Gasteiger partial charge in [-0.25, -0.2) is 5.48 Å². The number of anilines is 1. The van der Waals surface area contributed by atoms with Gasteiger partial charge in [0.05, 0.1) is 30.2 Å². The second kappa shape index (κ2) is 6.41. The van der Waals surface area contributed by atoms with E-state index in [1.807, 2.05) is 37.6 Å². The van der Waals surface area contributed by atoms with Crippen LogP contribution in [-0.4, -0.2) is 22.3 Å². The van der Waals surface area contributed by atoms with Crippen LogP contribution in [0.1, 0.15) is 34.2 Å².